The second-order valence-electron chi connectivity index (χ2n) is 4.79. The van der Waals surface area contributed by atoms with Crippen molar-refractivity contribution in [1.29, 1.82) is 0 Å². The summed E-state index contributed by atoms with van der Waals surface area (Å²) >= 11 is 0. The van der Waals surface area contributed by atoms with Crippen LogP contribution in [-0.4, -0.2) is 24.8 Å². The summed E-state index contributed by atoms with van der Waals surface area (Å²) in [7, 11) is 0. The highest BCUT2D eigenvalue weighted by Gasteiger charge is 2.41. The quantitative estimate of drug-likeness (QED) is 0.628. The zero-order valence-corrected chi connectivity index (χ0v) is 9.68. The molecule has 0 unspecified atom stereocenters. The molecule has 1 aliphatic carbocycles. The lowest BCUT2D eigenvalue weighted by molar-refractivity contribution is 0.243. The van der Waals surface area contributed by atoms with Gasteiger partial charge in [-0.2, -0.15) is 0 Å². The molecule has 2 N–H and O–H groups in total. The molecule has 0 spiro atoms. The van der Waals surface area contributed by atoms with Crippen molar-refractivity contribution in [3.05, 3.63) is 0 Å². The van der Waals surface area contributed by atoms with Gasteiger partial charge in [-0.05, 0) is 37.1 Å². The van der Waals surface area contributed by atoms with Crippen LogP contribution in [-0.2, 0) is 0 Å². The fourth-order valence-corrected chi connectivity index (χ4v) is 2.05. The van der Waals surface area contributed by atoms with Crippen LogP contribution in [0.3, 0.4) is 0 Å². The number of hydrogen-bond donors (Lipinski definition) is 2. The van der Waals surface area contributed by atoms with Crippen molar-refractivity contribution in [2.45, 2.75) is 46.0 Å². The monoisotopic (exact) mass is 199 g/mol. The maximum absolute atomic E-state index is 8.91. The van der Waals surface area contributed by atoms with Crippen molar-refractivity contribution in [3.8, 4) is 0 Å². The molecule has 0 aromatic rings. The fraction of sp³-hybridized carbons (Fsp3) is 1.00. The van der Waals surface area contributed by atoms with Crippen molar-refractivity contribution >= 4 is 0 Å². The molecule has 0 amide bonds. The summed E-state index contributed by atoms with van der Waals surface area (Å²) in [6, 6.07) is 0. The summed E-state index contributed by atoms with van der Waals surface area (Å²) in [5.41, 5.74) is 0.473. The Morgan fingerprint density at radius 3 is 2.36 bits per heavy atom. The van der Waals surface area contributed by atoms with Gasteiger partial charge in [0.15, 0.2) is 0 Å². The maximum atomic E-state index is 8.91. The Balaban J connectivity index is 2.08. The van der Waals surface area contributed by atoms with Crippen LogP contribution in [0.4, 0.5) is 0 Å². The zero-order valence-electron chi connectivity index (χ0n) is 9.68. The van der Waals surface area contributed by atoms with Crippen LogP contribution in [0.25, 0.3) is 0 Å². The molecule has 1 rings (SSSR count). The van der Waals surface area contributed by atoms with Crippen molar-refractivity contribution in [1.82, 2.24) is 5.32 Å². The molecule has 0 bridgehead atoms. The summed E-state index contributed by atoms with van der Waals surface area (Å²) < 4.78 is 0. The summed E-state index contributed by atoms with van der Waals surface area (Å²) in [5.74, 6) is 0.833. The number of aliphatic hydroxyl groups is 1. The first kappa shape index (κ1) is 12.0. The van der Waals surface area contributed by atoms with E-state index in [1.165, 1.54) is 25.7 Å². The summed E-state index contributed by atoms with van der Waals surface area (Å²) in [4.78, 5) is 0. The lowest BCUT2D eigenvalue weighted by Crippen LogP contribution is -2.29. The van der Waals surface area contributed by atoms with Gasteiger partial charge >= 0.3 is 0 Å². The maximum Gasteiger partial charge on any atom is 0.0436 e. The van der Waals surface area contributed by atoms with Gasteiger partial charge in [-0.1, -0.05) is 26.7 Å². The van der Waals surface area contributed by atoms with Crippen molar-refractivity contribution in [2.75, 3.05) is 19.7 Å². The van der Waals surface area contributed by atoms with Crippen LogP contribution >= 0.6 is 0 Å². The van der Waals surface area contributed by atoms with Crippen molar-refractivity contribution < 1.29 is 5.11 Å². The van der Waals surface area contributed by atoms with Crippen LogP contribution < -0.4 is 5.32 Å². The molecule has 1 aliphatic rings. The first-order valence-electron chi connectivity index (χ1n) is 6.08. The number of nitrogens with one attached hydrogen (secondary N) is 1. The summed E-state index contributed by atoms with van der Waals surface area (Å²) in [5, 5.41) is 12.5. The predicted octanol–water partition coefficient (Wildman–Crippen LogP) is 2.17. The topological polar surface area (TPSA) is 32.3 Å². The molecular weight excluding hydrogens is 174 g/mol. The van der Waals surface area contributed by atoms with Crippen LogP contribution in [0.15, 0.2) is 0 Å². The van der Waals surface area contributed by atoms with Crippen molar-refractivity contribution in [3.63, 3.8) is 0 Å². The Hall–Kier alpha value is -0.0800. The minimum Gasteiger partial charge on any atom is -0.396 e. The van der Waals surface area contributed by atoms with E-state index >= 15 is 0 Å². The SMILES string of the molecule is CCC(CC)CNCC1(CCO)CC1. The van der Waals surface area contributed by atoms with Gasteiger partial charge in [0.05, 0.1) is 0 Å². The molecule has 0 radical (unpaired) electrons. The second kappa shape index (κ2) is 5.72. The molecule has 0 aromatic carbocycles. The molecule has 84 valence electrons. The highest BCUT2D eigenvalue weighted by molar-refractivity contribution is 4.94. The minimum atomic E-state index is 0.354. The summed E-state index contributed by atoms with van der Waals surface area (Å²) in [6.45, 7) is 7.14. The van der Waals surface area contributed by atoms with E-state index in [0.29, 0.717) is 12.0 Å². The largest absolute Gasteiger partial charge is 0.396 e. The molecule has 0 aliphatic heterocycles. The molecule has 14 heavy (non-hydrogen) atoms. The molecular formula is C12H25NO. The molecule has 0 saturated heterocycles. The van der Waals surface area contributed by atoms with Gasteiger partial charge in [0.1, 0.15) is 0 Å². The van der Waals surface area contributed by atoms with E-state index in [1.54, 1.807) is 0 Å². The average Bonchev–Trinajstić information content (AvgIpc) is 2.94. The lowest BCUT2D eigenvalue weighted by Gasteiger charge is -2.18. The van der Waals surface area contributed by atoms with Crippen LogP contribution in [0, 0.1) is 11.3 Å². The van der Waals surface area contributed by atoms with E-state index in [-0.39, 0.29) is 0 Å². The van der Waals surface area contributed by atoms with Gasteiger partial charge in [-0.15, -0.1) is 0 Å². The van der Waals surface area contributed by atoms with Gasteiger partial charge in [0, 0.05) is 13.2 Å². The highest BCUT2D eigenvalue weighted by atomic mass is 16.3. The smallest absolute Gasteiger partial charge is 0.0436 e. The van der Waals surface area contributed by atoms with Gasteiger partial charge in [-0.3, -0.25) is 0 Å². The Morgan fingerprint density at radius 1 is 1.29 bits per heavy atom. The third kappa shape index (κ3) is 3.58. The first-order chi connectivity index (χ1) is 6.76. The number of aliphatic hydroxyl groups excluding tert-OH is 1. The molecule has 0 aromatic heterocycles. The normalized spacial score (nSPS) is 18.9. The molecule has 1 saturated carbocycles. The average molecular weight is 199 g/mol. The van der Waals surface area contributed by atoms with E-state index in [2.05, 4.69) is 19.2 Å². The number of hydrogen-bond acceptors (Lipinski definition) is 2. The van der Waals surface area contributed by atoms with E-state index in [0.717, 1.165) is 25.4 Å². The fourth-order valence-electron chi connectivity index (χ4n) is 2.05. The Labute approximate surface area is 88.1 Å². The first-order valence-corrected chi connectivity index (χ1v) is 6.08. The van der Waals surface area contributed by atoms with Gasteiger partial charge in [-0.25, -0.2) is 0 Å². The third-order valence-electron chi connectivity index (χ3n) is 3.69. The molecule has 0 heterocycles. The van der Waals surface area contributed by atoms with Gasteiger partial charge in [0.2, 0.25) is 0 Å². The molecule has 2 nitrogen and oxygen atoms in total. The number of rotatable bonds is 8. The van der Waals surface area contributed by atoms with E-state index < -0.39 is 0 Å². The van der Waals surface area contributed by atoms with E-state index in [1.807, 2.05) is 0 Å². The van der Waals surface area contributed by atoms with Gasteiger partial charge < -0.3 is 10.4 Å². The van der Waals surface area contributed by atoms with Crippen LogP contribution in [0.2, 0.25) is 0 Å². The predicted molar refractivity (Wildman–Crippen MR) is 60.3 cm³/mol. The highest BCUT2D eigenvalue weighted by Crippen LogP contribution is 2.47. The molecule has 0 atom stereocenters. The standard InChI is InChI=1S/C12H25NO/c1-3-11(4-2)9-13-10-12(5-6-12)7-8-14/h11,13-14H,3-10H2,1-2H3. The third-order valence-corrected chi connectivity index (χ3v) is 3.69. The molecule has 1 fully saturated rings. The Bertz CT molecular complexity index is 150. The Morgan fingerprint density at radius 2 is 1.93 bits per heavy atom. The minimum absolute atomic E-state index is 0.354. The van der Waals surface area contributed by atoms with Crippen LogP contribution in [0.1, 0.15) is 46.0 Å². The van der Waals surface area contributed by atoms with E-state index in [9.17, 15) is 0 Å². The Kier molecular flexibility index (Phi) is 4.90. The second-order valence-corrected chi connectivity index (χ2v) is 4.79. The van der Waals surface area contributed by atoms with Crippen molar-refractivity contribution in [2.24, 2.45) is 11.3 Å². The lowest BCUT2D eigenvalue weighted by atomic mass is 10.0. The van der Waals surface area contributed by atoms with Gasteiger partial charge in [0.25, 0.3) is 0 Å². The van der Waals surface area contributed by atoms with Crippen LogP contribution in [0.5, 0.6) is 0 Å². The molecule has 2 heteroatoms. The zero-order chi connectivity index (χ0) is 10.4. The summed E-state index contributed by atoms with van der Waals surface area (Å²) in [6.07, 6.45) is 6.16. The van der Waals surface area contributed by atoms with E-state index in [4.69, 9.17) is 5.11 Å².